The topological polar surface area (TPSA) is 79.5 Å². The Morgan fingerprint density at radius 1 is 1.60 bits per heavy atom. The highest BCUT2D eigenvalue weighted by Gasteiger charge is 2.35. The van der Waals surface area contributed by atoms with Crippen LogP contribution in [0.1, 0.15) is 18.1 Å². The summed E-state index contributed by atoms with van der Waals surface area (Å²) in [5.41, 5.74) is 0. The first kappa shape index (κ1) is 9.76. The molecule has 1 fully saturated rings. The Bertz CT molecular complexity index is 371. The van der Waals surface area contributed by atoms with Crippen LogP contribution in [0, 0.1) is 5.92 Å². The van der Waals surface area contributed by atoms with E-state index in [9.17, 15) is 9.59 Å². The average molecular weight is 209 g/mol. The molecular formula is C10H11NO4. The maximum Gasteiger partial charge on any atom is 0.316 e. The predicted octanol–water partition coefficient (Wildman–Crippen LogP) is 0.584. The van der Waals surface area contributed by atoms with Crippen molar-refractivity contribution in [3.63, 3.8) is 0 Å². The molecule has 1 aliphatic heterocycles. The number of amides is 1. The SMILES string of the molecule is O=C(O)[C@@H]1C[C@@H](c2ccco2)CNC1=O. The molecule has 2 N–H and O–H groups in total. The Morgan fingerprint density at radius 3 is 3.00 bits per heavy atom. The molecule has 0 aliphatic carbocycles. The lowest BCUT2D eigenvalue weighted by molar-refractivity contribution is -0.148. The molecule has 0 spiro atoms. The molecule has 80 valence electrons. The van der Waals surface area contributed by atoms with Gasteiger partial charge in [-0.1, -0.05) is 0 Å². The maximum atomic E-state index is 11.2. The Morgan fingerprint density at radius 2 is 2.40 bits per heavy atom. The highest BCUT2D eigenvalue weighted by Crippen LogP contribution is 2.27. The van der Waals surface area contributed by atoms with Crippen molar-refractivity contribution in [1.82, 2.24) is 5.32 Å². The van der Waals surface area contributed by atoms with Crippen LogP contribution < -0.4 is 5.32 Å². The minimum absolute atomic E-state index is 0.0428. The molecule has 2 atom stereocenters. The van der Waals surface area contributed by atoms with Gasteiger partial charge in [-0.3, -0.25) is 9.59 Å². The van der Waals surface area contributed by atoms with Crippen molar-refractivity contribution in [2.75, 3.05) is 6.54 Å². The van der Waals surface area contributed by atoms with Crippen LogP contribution in [0.3, 0.4) is 0 Å². The van der Waals surface area contributed by atoms with Crippen molar-refractivity contribution in [2.45, 2.75) is 12.3 Å². The summed E-state index contributed by atoms with van der Waals surface area (Å²) in [6.07, 6.45) is 1.84. The van der Waals surface area contributed by atoms with Gasteiger partial charge in [0, 0.05) is 12.5 Å². The first-order chi connectivity index (χ1) is 7.18. The van der Waals surface area contributed by atoms with E-state index in [4.69, 9.17) is 9.52 Å². The van der Waals surface area contributed by atoms with E-state index in [-0.39, 0.29) is 5.92 Å². The third kappa shape index (κ3) is 1.86. The van der Waals surface area contributed by atoms with Gasteiger partial charge in [0.2, 0.25) is 5.91 Å². The second-order valence-electron chi connectivity index (χ2n) is 3.58. The maximum absolute atomic E-state index is 11.2. The summed E-state index contributed by atoms with van der Waals surface area (Å²) < 4.78 is 5.19. The van der Waals surface area contributed by atoms with Crippen molar-refractivity contribution in [3.8, 4) is 0 Å². The number of furan rings is 1. The summed E-state index contributed by atoms with van der Waals surface area (Å²) in [7, 11) is 0. The van der Waals surface area contributed by atoms with Crippen molar-refractivity contribution in [1.29, 1.82) is 0 Å². The van der Waals surface area contributed by atoms with Gasteiger partial charge < -0.3 is 14.8 Å². The number of rotatable bonds is 2. The summed E-state index contributed by atoms with van der Waals surface area (Å²) in [6, 6.07) is 3.54. The zero-order valence-corrected chi connectivity index (χ0v) is 7.97. The van der Waals surface area contributed by atoms with E-state index >= 15 is 0 Å². The molecule has 0 aromatic carbocycles. The molecule has 15 heavy (non-hydrogen) atoms. The number of aliphatic carboxylic acids is 1. The van der Waals surface area contributed by atoms with E-state index in [1.165, 1.54) is 0 Å². The zero-order valence-electron chi connectivity index (χ0n) is 7.97. The minimum atomic E-state index is -1.08. The molecule has 2 rings (SSSR count). The van der Waals surface area contributed by atoms with Gasteiger partial charge in [-0.05, 0) is 18.6 Å². The third-order valence-electron chi connectivity index (χ3n) is 2.60. The van der Waals surface area contributed by atoms with Crippen LogP contribution in [0.2, 0.25) is 0 Å². The number of nitrogens with one attached hydrogen (secondary N) is 1. The number of carbonyl (C=O) groups excluding carboxylic acids is 1. The van der Waals surface area contributed by atoms with Crippen LogP contribution in [-0.4, -0.2) is 23.5 Å². The highest BCUT2D eigenvalue weighted by atomic mass is 16.4. The van der Waals surface area contributed by atoms with E-state index in [1.807, 2.05) is 0 Å². The van der Waals surface area contributed by atoms with Crippen LogP contribution in [0.25, 0.3) is 0 Å². The average Bonchev–Trinajstić information content (AvgIpc) is 2.71. The molecule has 0 bridgehead atoms. The second kappa shape index (κ2) is 3.76. The van der Waals surface area contributed by atoms with E-state index in [0.29, 0.717) is 13.0 Å². The fourth-order valence-electron chi connectivity index (χ4n) is 1.78. The number of carboxylic acids is 1. The Hall–Kier alpha value is -1.78. The number of hydrogen-bond donors (Lipinski definition) is 2. The fraction of sp³-hybridized carbons (Fsp3) is 0.400. The molecule has 2 heterocycles. The van der Waals surface area contributed by atoms with Gasteiger partial charge in [0.05, 0.1) is 6.26 Å². The molecule has 1 saturated heterocycles. The molecule has 5 nitrogen and oxygen atoms in total. The van der Waals surface area contributed by atoms with E-state index < -0.39 is 17.8 Å². The summed E-state index contributed by atoms with van der Waals surface area (Å²) in [6.45, 7) is 0.441. The first-order valence-corrected chi connectivity index (χ1v) is 4.72. The van der Waals surface area contributed by atoms with Crippen LogP contribution in [0.15, 0.2) is 22.8 Å². The van der Waals surface area contributed by atoms with E-state index in [1.54, 1.807) is 18.4 Å². The molecule has 0 unspecified atom stereocenters. The molecule has 0 radical (unpaired) electrons. The fourth-order valence-corrected chi connectivity index (χ4v) is 1.78. The largest absolute Gasteiger partial charge is 0.481 e. The molecule has 1 aromatic heterocycles. The third-order valence-corrected chi connectivity index (χ3v) is 2.60. The molecule has 1 amide bonds. The second-order valence-corrected chi connectivity index (χ2v) is 3.58. The Labute approximate surface area is 86.1 Å². The van der Waals surface area contributed by atoms with Crippen LogP contribution in [-0.2, 0) is 9.59 Å². The van der Waals surface area contributed by atoms with Gasteiger partial charge in [0.15, 0.2) is 0 Å². The van der Waals surface area contributed by atoms with E-state index in [0.717, 1.165) is 5.76 Å². The molecule has 0 saturated carbocycles. The number of carboxylic acid groups (broad SMARTS) is 1. The lowest BCUT2D eigenvalue weighted by Crippen LogP contribution is -2.43. The lowest BCUT2D eigenvalue weighted by Gasteiger charge is -2.25. The predicted molar refractivity (Wildman–Crippen MR) is 50.2 cm³/mol. The van der Waals surface area contributed by atoms with Crippen molar-refractivity contribution in [3.05, 3.63) is 24.2 Å². The number of hydrogen-bond acceptors (Lipinski definition) is 3. The summed E-state index contributed by atoms with van der Waals surface area (Å²) in [4.78, 5) is 22.0. The van der Waals surface area contributed by atoms with Gasteiger partial charge in [-0.2, -0.15) is 0 Å². The standard InChI is InChI=1S/C10H11NO4/c12-9-7(10(13)14)4-6(5-11-9)8-2-1-3-15-8/h1-3,6-7H,4-5H2,(H,11,12)(H,13,14)/t6-,7-/m1/s1. The number of piperidine rings is 1. The first-order valence-electron chi connectivity index (χ1n) is 4.72. The van der Waals surface area contributed by atoms with Gasteiger partial charge in [0.25, 0.3) is 0 Å². The summed E-state index contributed by atoms with van der Waals surface area (Å²) in [5.74, 6) is -1.78. The van der Waals surface area contributed by atoms with Gasteiger partial charge in [0.1, 0.15) is 11.7 Å². The minimum Gasteiger partial charge on any atom is -0.481 e. The molecular weight excluding hydrogens is 198 g/mol. The van der Waals surface area contributed by atoms with Gasteiger partial charge >= 0.3 is 5.97 Å². The Kier molecular flexibility index (Phi) is 2.45. The summed E-state index contributed by atoms with van der Waals surface area (Å²) in [5, 5.41) is 11.4. The smallest absolute Gasteiger partial charge is 0.316 e. The lowest BCUT2D eigenvalue weighted by atomic mass is 9.88. The van der Waals surface area contributed by atoms with Gasteiger partial charge in [-0.25, -0.2) is 0 Å². The van der Waals surface area contributed by atoms with Crippen molar-refractivity contribution >= 4 is 11.9 Å². The van der Waals surface area contributed by atoms with Crippen LogP contribution >= 0.6 is 0 Å². The van der Waals surface area contributed by atoms with E-state index in [2.05, 4.69) is 5.32 Å². The van der Waals surface area contributed by atoms with Crippen LogP contribution in [0.5, 0.6) is 0 Å². The van der Waals surface area contributed by atoms with Crippen molar-refractivity contribution < 1.29 is 19.1 Å². The quantitative estimate of drug-likeness (QED) is 0.698. The summed E-state index contributed by atoms with van der Waals surface area (Å²) >= 11 is 0. The zero-order chi connectivity index (χ0) is 10.8. The highest BCUT2D eigenvalue weighted by molar-refractivity contribution is 5.97. The molecule has 1 aliphatic rings. The van der Waals surface area contributed by atoms with Crippen LogP contribution in [0.4, 0.5) is 0 Å². The number of carbonyl (C=O) groups is 2. The Balaban J connectivity index is 2.12. The monoisotopic (exact) mass is 209 g/mol. The normalized spacial score (nSPS) is 26.0. The molecule has 1 aromatic rings. The van der Waals surface area contributed by atoms with Gasteiger partial charge in [-0.15, -0.1) is 0 Å². The van der Waals surface area contributed by atoms with Crippen molar-refractivity contribution in [2.24, 2.45) is 5.92 Å². The molecule has 5 heteroatoms.